The van der Waals surface area contributed by atoms with Crippen molar-refractivity contribution < 1.29 is 14.3 Å². The summed E-state index contributed by atoms with van der Waals surface area (Å²) < 4.78 is 7.68. The van der Waals surface area contributed by atoms with E-state index in [1.54, 1.807) is 0 Å². The average Bonchev–Trinajstić information content (AvgIpc) is 3.92. The first-order valence-corrected chi connectivity index (χ1v) is 19.4. The highest BCUT2D eigenvalue weighted by Gasteiger charge is 2.42. The Labute approximate surface area is 315 Å². The molecule has 10 heteroatoms. The first-order chi connectivity index (χ1) is 25.4. The molecule has 2 fully saturated rings. The lowest BCUT2D eigenvalue weighted by atomic mass is 9.95. The molecule has 0 bridgehead atoms. The quantitative estimate of drug-likeness (QED) is 0.0897. The second kappa shape index (κ2) is 14.5. The summed E-state index contributed by atoms with van der Waals surface area (Å²) in [5.74, 6) is 0.151. The predicted molar refractivity (Wildman–Crippen MR) is 215 cm³/mol. The van der Waals surface area contributed by atoms with Gasteiger partial charge in [0, 0.05) is 29.9 Å². The van der Waals surface area contributed by atoms with Crippen LogP contribution in [0.4, 0.5) is 11.4 Å². The molecule has 4 aromatic carbocycles. The third-order valence-electron chi connectivity index (χ3n) is 10.0. The highest BCUT2D eigenvalue weighted by atomic mass is 32.2. The van der Waals surface area contributed by atoms with E-state index in [1.165, 1.54) is 66.2 Å². The maximum absolute atomic E-state index is 13.7. The number of carbonyl (C=O) groups excluding carboxylic acids is 2. The number of hydrogen-bond acceptors (Lipinski definition) is 8. The number of nitrogens with zero attached hydrogens (tertiary/aromatic N) is 3. The lowest BCUT2D eigenvalue weighted by Crippen LogP contribution is -2.34. The second-order valence-corrected chi connectivity index (χ2v) is 15.6. The fourth-order valence-electron chi connectivity index (χ4n) is 7.63. The number of fused-ring (bicyclic) bond motifs is 3. The number of amides is 1. The van der Waals surface area contributed by atoms with E-state index in [1.807, 2.05) is 25.1 Å². The Morgan fingerprint density at radius 2 is 1.60 bits per heavy atom. The van der Waals surface area contributed by atoms with Crippen LogP contribution in [-0.2, 0) is 21.1 Å². The number of benzene rings is 4. The third kappa shape index (κ3) is 6.25. The van der Waals surface area contributed by atoms with Crippen LogP contribution in [0, 0.1) is 0 Å². The largest absolute Gasteiger partial charge is 0.446 e. The van der Waals surface area contributed by atoms with Crippen molar-refractivity contribution in [1.82, 2.24) is 9.47 Å². The summed E-state index contributed by atoms with van der Waals surface area (Å²) in [4.78, 5) is 42.3. The number of carbonyl (C=O) groups is 2. The topological polar surface area (TPSA) is 71.8 Å². The van der Waals surface area contributed by atoms with Crippen LogP contribution >= 0.6 is 35.3 Å². The van der Waals surface area contributed by atoms with E-state index in [4.69, 9.17) is 17.0 Å². The fraction of sp³-hybridized carbons (Fsp3) is 0.190. The van der Waals surface area contributed by atoms with Crippen LogP contribution in [0.25, 0.3) is 22.6 Å². The molecule has 0 spiro atoms. The van der Waals surface area contributed by atoms with E-state index < -0.39 is 0 Å². The SMILES string of the molecule is CCN1C(=O)/C(=c2\s/c(=C/c3ccc4c(c3)C3CCCC3N4c3ccc(C=C(c4ccccc4)c4ccccc4)cc3)c(=O)n2COC=O)SC1=S. The van der Waals surface area contributed by atoms with Crippen molar-refractivity contribution in [1.29, 1.82) is 0 Å². The molecule has 1 amide bonds. The monoisotopic (exact) mass is 741 g/mol. The maximum atomic E-state index is 13.7. The molecule has 52 heavy (non-hydrogen) atoms. The summed E-state index contributed by atoms with van der Waals surface area (Å²) in [6.07, 6.45) is 7.52. The molecule has 3 heterocycles. The third-order valence-corrected chi connectivity index (χ3v) is 12.7. The number of aromatic nitrogens is 1. The number of thioether (sulfide) groups is 1. The van der Waals surface area contributed by atoms with Gasteiger partial charge in [0.2, 0.25) is 0 Å². The Bertz CT molecular complexity index is 2360. The molecule has 8 rings (SSSR count). The van der Waals surface area contributed by atoms with Crippen LogP contribution < -0.4 is 19.7 Å². The first-order valence-electron chi connectivity index (χ1n) is 17.4. The van der Waals surface area contributed by atoms with E-state index in [0.29, 0.717) is 43.4 Å². The van der Waals surface area contributed by atoms with Crippen LogP contribution in [0.15, 0.2) is 108 Å². The molecular weight excluding hydrogens is 707 g/mol. The smallest absolute Gasteiger partial charge is 0.294 e. The summed E-state index contributed by atoms with van der Waals surface area (Å²) in [6.45, 7) is 2.31. The lowest BCUT2D eigenvalue weighted by Gasteiger charge is -2.27. The summed E-state index contributed by atoms with van der Waals surface area (Å²) in [5.41, 5.74) is 8.92. The number of rotatable bonds is 9. The molecule has 7 nitrogen and oxygen atoms in total. The van der Waals surface area contributed by atoms with Gasteiger partial charge in [0.25, 0.3) is 17.9 Å². The summed E-state index contributed by atoms with van der Waals surface area (Å²) >= 11 is 7.81. The van der Waals surface area contributed by atoms with Gasteiger partial charge in [0.15, 0.2) is 6.73 Å². The van der Waals surface area contributed by atoms with Crippen molar-refractivity contribution in [3.05, 3.63) is 150 Å². The van der Waals surface area contributed by atoms with E-state index in [-0.39, 0.29) is 18.2 Å². The summed E-state index contributed by atoms with van der Waals surface area (Å²) in [7, 11) is 0. The van der Waals surface area contributed by atoms with E-state index >= 15 is 0 Å². The van der Waals surface area contributed by atoms with Gasteiger partial charge in [0.05, 0.1) is 4.53 Å². The molecule has 0 radical (unpaired) electrons. The number of thiocarbonyl (C=S) groups is 1. The van der Waals surface area contributed by atoms with Crippen LogP contribution in [0.5, 0.6) is 0 Å². The minimum atomic E-state index is -0.318. The van der Waals surface area contributed by atoms with Gasteiger partial charge in [-0.05, 0) is 89.6 Å². The second-order valence-electron chi connectivity index (χ2n) is 13.0. The molecular formula is C42H35N3O4S3. The molecule has 0 N–H and O–H groups in total. The number of ether oxygens (including phenoxy) is 1. The molecule has 260 valence electrons. The summed E-state index contributed by atoms with van der Waals surface area (Å²) in [5, 5.41) is 0. The van der Waals surface area contributed by atoms with Gasteiger partial charge in [-0.15, -0.1) is 11.3 Å². The first kappa shape index (κ1) is 34.1. The van der Waals surface area contributed by atoms with Gasteiger partial charge >= 0.3 is 0 Å². The van der Waals surface area contributed by atoms with Crippen molar-refractivity contribution in [2.75, 3.05) is 11.4 Å². The van der Waals surface area contributed by atoms with Gasteiger partial charge in [-0.25, -0.2) is 0 Å². The Balaban J connectivity index is 1.14. The molecule has 1 saturated heterocycles. The lowest BCUT2D eigenvalue weighted by molar-refractivity contribution is -0.132. The Morgan fingerprint density at radius 3 is 2.25 bits per heavy atom. The van der Waals surface area contributed by atoms with Crippen molar-refractivity contribution in [3.8, 4) is 0 Å². The van der Waals surface area contributed by atoms with Crippen molar-refractivity contribution in [2.45, 2.75) is 44.9 Å². The Hall–Kier alpha value is -5.03. The Morgan fingerprint density at radius 1 is 0.904 bits per heavy atom. The molecule has 1 aliphatic carbocycles. The maximum Gasteiger partial charge on any atom is 0.294 e. The molecule has 1 saturated carbocycles. The summed E-state index contributed by atoms with van der Waals surface area (Å²) in [6, 6.07) is 36.7. The highest BCUT2D eigenvalue weighted by Crippen LogP contribution is 2.52. The zero-order valence-electron chi connectivity index (χ0n) is 28.4. The van der Waals surface area contributed by atoms with Gasteiger partial charge in [-0.3, -0.25) is 23.9 Å². The molecule has 3 aliphatic rings. The zero-order chi connectivity index (χ0) is 35.8. The van der Waals surface area contributed by atoms with E-state index in [9.17, 15) is 14.4 Å². The molecule has 1 aromatic heterocycles. The van der Waals surface area contributed by atoms with Gasteiger partial charge in [-0.2, -0.15) is 0 Å². The Kier molecular flexibility index (Phi) is 9.53. The highest BCUT2D eigenvalue weighted by molar-refractivity contribution is 8.30. The normalized spacial score (nSPS) is 19.2. The number of thiazole rings is 1. The number of hydrogen-bond donors (Lipinski definition) is 0. The van der Waals surface area contributed by atoms with Crippen LogP contribution in [0.2, 0.25) is 0 Å². The number of anilines is 2. The van der Waals surface area contributed by atoms with Crippen LogP contribution in [0.1, 0.15) is 59.9 Å². The van der Waals surface area contributed by atoms with Crippen molar-refractivity contribution in [2.24, 2.45) is 0 Å². The van der Waals surface area contributed by atoms with Crippen molar-refractivity contribution in [3.63, 3.8) is 0 Å². The average molecular weight is 742 g/mol. The molecule has 5 aromatic rings. The van der Waals surface area contributed by atoms with Crippen molar-refractivity contribution >= 4 is 86.0 Å². The van der Waals surface area contributed by atoms with Gasteiger partial charge in [0.1, 0.15) is 13.9 Å². The van der Waals surface area contributed by atoms with Crippen LogP contribution in [0.3, 0.4) is 0 Å². The fourth-order valence-corrected chi connectivity index (χ4v) is 10.3. The van der Waals surface area contributed by atoms with E-state index in [2.05, 4.69) is 102 Å². The predicted octanol–water partition coefficient (Wildman–Crippen LogP) is 7.23. The molecule has 2 aliphatic heterocycles. The van der Waals surface area contributed by atoms with Gasteiger partial charge in [-0.1, -0.05) is 109 Å². The van der Waals surface area contributed by atoms with E-state index in [0.717, 1.165) is 30.4 Å². The van der Waals surface area contributed by atoms with Gasteiger partial charge < -0.3 is 9.64 Å². The molecule has 2 atom stereocenters. The molecule has 2 unspecified atom stereocenters. The van der Waals surface area contributed by atoms with Crippen LogP contribution in [-0.4, -0.2) is 38.8 Å². The zero-order valence-corrected chi connectivity index (χ0v) is 30.9. The minimum absolute atomic E-state index is 0.244. The standard InChI is InChI=1S/C42H35N3O4S3/c1-2-43-40(48)38(52-42(43)50)41-44(25-49-26-46)39(47)37(51-41)24-28-18-21-36-34(23-28)32-14-9-15-35(32)45(36)31-19-16-27(17-20-31)22-33(29-10-5-3-6-11-29)30-12-7-4-8-13-30/h3-8,10-13,16-24,26,32,35H,2,9,14-15,25H2,1H3/b37-24+,41-38+. The minimum Gasteiger partial charge on any atom is -0.446 e.